The van der Waals surface area contributed by atoms with Crippen molar-refractivity contribution in [3.63, 3.8) is 0 Å². The zero-order valence-corrected chi connectivity index (χ0v) is 13.8. The SMILES string of the molecule is Cc1cc(C(=O)N2CCOCC2)nc(NC2CCS(=O)(=O)C2)n1. The van der Waals surface area contributed by atoms with Gasteiger partial charge < -0.3 is 15.0 Å². The first-order chi connectivity index (χ1) is 10.9. The number of hydrogen-bond donors (Lipinski definition) is 1. The molecule has 0 saturated carbocycles. The van der Waals surface area contributed by atoms with Crippen LogP contribution in [0.25, 0.3) is 0 Å². The smallest absolute Gasteiger partial charge is 0.272 e. The molecule has 2 aliphatic rings. The lowest BCUT2D eigenvalue weighted by Gasteiger charge is -2.26. The minimum absolute atomic E-state index is 0.0804. The summed E-state index contributed by atoms with van der Waals surface area (Å²) in [6.45, 7) is 3.94. The van der Waals surface area contributed by atoms with Gasteiger partial charge in [-0.3, -0.25) is 4.79 Å². The molecule has 0 aromatic carbocycles. The number of carbonyl (C=O) groups is 1. The monoisotopic (exact) mass is 340 g/mol. The summed E-state index contributed by atoms with van der Waals surface area (Å²) in [7, 11) is -2.98. The summed E-state index contributed by atoms with van der Waals surface area (Å²) >= 11 is 0. The quantitative estimate of drug-likeness (QED) is 0.817. The fourth-order valence-corrected chi connectivity index (χ4v) is 4.44. The van der Waals surface area contributed by atoms with Crippen LogP contribution in [-0.2, 0) is 14.6 Å². The molecule has 0 radical (unpaired) electrons. The van der Waals surface area contributed by atoms with Crippen LogP contribution in [0.1, 0.15) is 22.6 Å². The second-order valence-electron chi connectivity index (χ2n) is 5.87. The zero-order valence-electron chi connectivity index (χ0n) is 13.0. The topological polar surface area (TPSA) is 101 Å². The number of ether oxygens (including phenoxy) is 1. The Labute approximate surface area is 135 Å². The predicted octanol–water partition coefficient (Wildman–Crippen LogP) is -0.144. The van der Waals surface area contributed by atoms with E-state index in [0.717, 1.165) is 0 Å². The average molecular weight is 340 g/mol. The van der Waals surface area contributed by atoms with E-state index in [9.17, 15) is 13.2 Å². The third-order valence-corrected chi connectivity index (χ3v) is 5.71. The number of rotatable bonds is 3. The number of hydrogen-bond acceptors (Lipinski definition) is 7. The maximum absolute atomic E-state index is 12.5. The Balaban J connectivity index is 1.75. The summed E-state index contributed by atoms with van der Waals surface area (Å²) < 4.78 is 28.3. The maximum Gasteiger partial charge on any atom is 0.272 e. The summed E-state index contributed by atoms with van der Waals surface area (Å²) in [5.41, 5.74) is 0.989. The summed E-state index contributed by atoms with van der Waals surface area (Å²) in [5.74, 6) is 0.414. The van der Waals surface area contributed by atoms with Crippen LogP contribution < -0.4 is 5.32 Å². The molecule has 0 spiro atoms. The molecule has 1 atom stereocenters. The molecule has 23 heavy (non-hydrogen) atoms. The van der Waals surface area contributed by atoms with E-state index >= 15 is 0 Å². The Bertz CT molecular complexity index is 701. The van der Waals surface area contributed by atoms with Crippen molar-refractivity contribution >= 4 is 21.7 Å². The minimum Gasteiger partial charge on any atom is -0.378 e. The summed E-state index contributed by atoms with van der Waals surface area (Å²) in [6, 6.07) is 1.45. The van der Waals surface area contributed by atoms with Crippen molar-refractivity contribution in [3.8, 4) is 0 Å². The van der Waals surface area contributed by atoms with Gasteiger partial charge >= 0.3 is 0 Å². The second kappa shape index (κ2) is 6.40. The lowest BCUT2D eigenvalue weighted by atomic mass is 10.2. The molecule has 0 bridgehead atoms. The molecule has 3 rings (SSSR count). The number of aromatic nitrogens is 2. The normalized spacial score (nSPS) is 23.7. The highest BCUT2D eigenvalue weighted by atomic mass is 32.2. The number of nitrogens with zero attached hydrogens (tertiary/aromatic N) is 3. The molecule has 1 aromatic rings. The minimum atomic E-state index is -2.98. The molecule has 1 N–H and O–H groups in total. The van der Waals surface area contributed by atoms with Gasteiger partial charge in [0.05, 0.1) is 24.7 Å². The van der Waals surface area contributed by atoms with Crippen LogP contribution in [0.15, 0.2) is 6.07 Å². The van der Waals surface area contributed by atoms with Crippen LogP contribution >= 0.6 is 0 Å². The van der Waals surface area contributed by atoms with E-state index in [2.05, 4.69) is 15.3 Å². The molecule has 2 fully saturated rings. The van der Waals surface area contributed by atoms with Crippen molar-refractivity contribution in [1.29, 1.82) is 0 Å². The van der Waals surface area contributed by atoms with Gasteiger partial charge in [-0.25, -0.2) is 18.4 Å². The first kappa shape index (κ1) is 16.1. The number of nitrogens with one attached hydrogen (secondary N) is 1. The molecular formula is C14H20N4O4S. The van der Waals surface area contributed by atoms with Crippen molar-refractivity contribution in [2.75, 3.05) is 43.1 Å². The van der Waals surface area contributed by atoms with E-state index in [1.807, 2.05) is 0 Å². The molecule has 0 aliphatic carbocycles. The highest BCUT2D eigenvalue weighted by Gasteiger charge is 2.28. The number of sulfone groups is 1. The van der Waals surface area contributed by atoms with E-state index in [4.69, 9.17) is 4.74 Å². The highest BCUT2D eigenvalue weighted by Crippen LogP contribution is 2.16. The molecule has 8 nitrogen and oxygen atoms in total. The van der Waals surface area contributed by atoms with Gasteiger partial charge in [-0.2, -0.15) is 0 Å². The van der Waals surface area contributed by atoms with Crippen LogP contribution in [0, 0.1) is 6.92 Å². The van der Waals surface area contributed by atoms with Gasteiger partial charge in [-0.15, -0.1) is 0 Å². The fourth-order valence-electron chi connectivity index (χ4n) is 2.76. The molecule has 1 amide bonds. The van der Waals surface area contributed by atoms with Gasteiger partial charge in [0, 0.05) is 24.8 Å². The van der Waals surface area contributed by atoms with Crippen molar-refractivity contribution < 1.29 is 17.9 Å². The van der Waals surface area contributed by atoms with Crippen molar-refractivity contribution in [1.82, 2.24) is 14.9 Å². The number of amides is 1. The van der Waals surface area contributed by atoms with E-state index < -0.39 is 9.84 Å². The van der Waals surface area contributed by atoms with Crippen molar-refractivity contribution in [3.05, 3.63) is 17.5 Å². The number of anilines is 1. The fraction of sp³-hybridized carbons (Fsp3) is 0.643. The molecule has 2 saturated heterocycles. The van der Waals surface area contributed by atoms with E-state index in [1.165, 1.54) is 0 Å². The van der Waals surface area contributed by atoms with E-state index in [1.54, 1.807) is 17.9 Å². The largest absolute Gasteiger partial charge is 0.378 e. The van der Waals surface area contributed by atoms with Crippen LogP contribution in [-0.4, -0.2) is 73.0 Å². The maximum atomic E-state index is 12.5. The lowest BCUT2D eigenvalue weighted by Crippen LogP contribution is -2.41. The molecular weight excluding hydrogens is 320 g/mol. The summed E-state index contributed by atoms with van der Waals surface area (Å²) in [6.07, 6.45) is 0.534. The van der Waals surface area contributed by atoms with Gasteiger partial charge in [-0.05, 0) is 19.4 Å². The Morgan fingerprint density at radius 2 is 2.09 bits per heavy atom. The molecule has 1 aromatic heterocycles. The van der Waals surface area contributed by atoms with Gasteiger partial charge in [0.25, 0.3) is 5.91 Å². The number of carbonyl (C=O) groups excluding carboxylic acids is 1. The third kappa shape index (κ3) is 3.97. The van der Waals surface area contributed by atoms with Crippen LogP contribution in [0.3, 0.4) is 0 Å². The third-order valence-electron chi connectivity index (χ3n) is 3.94. The number of aryl methyl sites for hydroxylation is 1. The molecule has 1 unspecified atom stereocenters. The van der Waals surface area contributed by atoms with Gasteiger partial charge in [0.2, 0.25) is 5.95 Å². The highest BCUT2D eigenvalue weighted by molar-refractivity contribution is 7.91. The van der Waals surface area contributed by atoms with E-state index in [0.29, 0.717) is 50.1 Å². The van der Waals surface area contributed by atoms with Crippen LogP contribution in [0.5, 0.6) is 0 Å². The van der Waals surface area contributed by atoms with Gasteiger partial charge in [-0.1, -0.05) is 0 Å². The lowest BCUT2D eigenvalue weighted by molar-refractivity contribution is 0.0299. The zero-order chi connectivity index (χ0) is 16.4. The Kier molecular flexibility index (Phi) is 4.49. The Hall–Kier alpha value is -1.74. The van der Waals surface area contributed by atoms with Crippen molar-refractivity contribution in [2.24, 2.45) is 0 Å². The van der Waals surface area contributed by atoms with Gasteiger partial charge in [0.15, 0.2) is 9.84 Å². The second-order valence-corrected chi connectivity index (χ2v) is 8.10. The van der Waals surface area contributed by atoms with E-state index in [-0.39, 0.29) is 23.5 Å². The molecule has 9 heteroatoms. The first-order valence-corrected chi connectivity index (χ1v) is 9.45. The van der Waals surface area contributed by atoms with Crippen LogP contribution in [0.2, 0.25) is 0 Å². The predicted molar refractivity (Wildman–Crippen MR) is 84.2 cm³/mol. The summed E-state index contributed by atoms with van der Waals surface area (Å²) in [4.78, 5) is 22.7. The number of morpholine rings is 1. The molecule has 126 valence electrons. The summed E-state index contributed by atoms with van der Waals surface area (Å²) in [5, 5.41) is 3.04. The van der Waals surface area contributed by atoms with Gasteiger partial charge in [0.1, 0.15) is 5.69 Å². The standard InChI is InChI=1S/C14H20N4O4S/c1-10-8-12(13(19)18-3-5-22-6-4-18)17-14(15-10)16-11-2-7-23(20,21)9-11/h8,11H,2-7,9H2,1H3,(H,15,16,17). The van der Waals surface area contributed by atoms with Crippen LogP contribution in [0.4, 0.5) is 5.95 Å². The first-order valence-electron chi connectivity index (χ1n) is 7.63. The Morgan fingerprint density at radius 3 is 2.74 bits per heavy atom. The Morgan fingerprint density at radius 1 is 1.35 bits per heavy atom. The molecule has 3 heterocycles. The van der Waals surface area contributed by atoms with Crippen molar-refractivity contribution in [2.45, 2.75) is 19.4 Å². The molecule has 2 aliphatic heterocycles. The average Bonchev–Trinajstić information content (AvgIpc) is 2.85.